The molecule has 2 heteroatoms. The summed E-state index contributed by atoms with van der Waals surface area (Å²) in [5, 5.41) is 3.00. The number of hydrogen-bond acceptors (Lipinski definition) is 1. The second-order valence-electron chi connectivity index (χ2n) is 4.46. The zero-order valence-corrected chi connectivity index (χ0v) is 10.6. The van der Waals surface area contributed by atoms with Crippen LogP contribution in [0.2, 0.25) is 0 Å². The van der Waals surface area contributed by atoms with Gasteiger partial charge in [-0.1, -0.05) is 19.4 Å². The average molecular weight is 219 g/mol. The van der Waals surface area contributed by atoms with E-state index in [9.17, 15) is 4.79 Å². The Morgan fingerprint density at radius 3 is 2.56 bits per heavy atom. The Morgan fingerprint density at radius 2 is 2.00 bits per heavy atom. The molecule has 1 aromatic rings. The van der Waals surface area contributed by atoms with Crippen LogP contribution >= 0.6 is 0 Å². The molecule has 0 aliphatic rings. The first kappa shape index (κ1) is 12.8. The highest BCUT2D eigenvalue weighted by atomic mass is 16.1. The molecule has 88 valence electrons. The molecule has 0 saturated heterocycles. The fraction of sp³-hybridized carbons (Fsp3) is 0.500. The molecular weight excluding hydrogens is 198 g/mol. The number of nitrogens with one attached hydrogen (secondary N) is 1. The van der Waals surface area contributed by atoms with E-state index in [2.05, 4.69) is 19.2 Å². The molecule has 0 fully saturated rings. The molecule has 0 unspecified atom stereocenters. The van der Waals surface area contributed by atoms with Crippen LogP contribution in [0.4, 0.5) is 0 Å². The Labute approximate surface area is 98.1 Å². The largest absolute Gasteiger partial charge is 0.350 e. The van der Waals surface area contributed by atoms with Crippen molar-refractivity contribution in [2.45, 2.75) is 46.6 Å². The fourth-order valence-electron chi connectivity index (χ4n) is 1.69. The maximum atomic E-state index is 11.9. The van der Waals surface area contributed by atoms with Crippen LogP contribution in [0, 0.1) is 13.8 Å². The van der Waals surface area contributed by atoms with Crippen molar-refractivity contribution in [2.75, 3.05) is 0 Å². The Morgan fingerprint density at radius 1 is 1.31 bits per heavy atom. The third-order valence-corrected chi connectivity index (χ3v) is 2.87. The summed E-state index contributed by atoms with van der Waals surface area (Å²) >= 11 is 0. The minimum absolute atomic E-state index is 0.0315. The molecule has 0 bridgehead atoms. The summed E-state index contributed by atoms with van der Waals surface area (Å²) in [5.41, 5.74) is 3.14. The van der Waals surface area contributed by atoms with E-state index < -0.39 is 0 Å². The van der Waals surface area contributed by atoms with Crippen LogP contribution in [-0.2, 0) is 0 Å². The van der Waals surface area contributed by atoms with E-state index in [0.717, 1.165) is 24.0 Å². The first-order chi connectivity index (χ1) is 7.54. The summed E-state index contributed by atoms with van der Waals surface area (Å²) in [7, 11) is 0. The first-order valence-electron chi connectivity index (χ1n) is 5.92. The average Bonchev–Trinajstić information content (AvgIpc) is 2.22. The Kier molecular flexibility index (Phi) is 4.53. The van der Waals surface area contributed by atoms with Crippen molar-refractivity contribution >= 4 is 5.91 Å². The van der Waals surface area contributed by atoms with Crippen LogP contribution in [-0.4, -0.2) is 11.9 Å². The Balaban J connectivity index is 2.69. The van der Waals surface area contributed by atoms with Gasteiger partial charge in [-0.15, -0.1) is 0 Å². The van der Waals surface area contributed by atoms with Crippen molar-refractivity contribution < 1.29 is 4.79 Å². The van der Waals surface area contributed by atoms with Crippen molar-refractivity contribution in [3.05, 3.63) is 34.9 Å². The number of rotatable bonds is 4. The number of aryl methyl sites for hydroxylation is 2. The smallest absolute Gasteiger partial charge is 0.251 e. The summed E-state index contributed by atoms with van der Waals surface area (Å²) in [6.45, 7) is 8.25. The van der Waals surface area contributed by atoms with E-state index in [4.69, 9.17) is 0 Å². The lowest BCUT2D eigenvalue weighted by Gasteiger charge is -2.13. The molecule has 1 aromatic carbocycles. The highest BCUT2D eigenvalue weighted by Gasteiger charge is 2.09. The lowest BCUT2D eigenvalue weighted by Crippen LogP contribution is -2.32. The minimum Gasteiger partial charge on any atom is -0.350 e. The molecule has 0 radical (unpaired) electrons. The topological polar surface area (TPSA) is 29.1 Å². The van der Waals surface area contributed by atoms with Gasteiger partial charge in [0.25, 0.3) is 5.91 Å². The summed E-state index contributed by atoms with van der Waals surface area (Å²) in [5.74, 6) is 0.0315. The van der Waals surface area contributed by atoms with Gasteiger partial charge in [0.05, 0.1) is 0 Å². The molecule has 1 amide bonds. The molecule has 1 rings (SSSR count). The van der Waals surface area contributed by atoms with Gasteiger partial charge in [-0.2, -0.15) is 0 Å². The van der Waals surface area contributed by atoms with Gasteiger partial charge >= 0.3 is 0 Å². The predicted octanol–water partition coefficient (Wildman–Crippen LogP) is 3.22. The van der Waals surface area contributed by atoms with Gasteiger partial charge in [-0.25, -0.2) is 0 Å². The third kappa shape index (κ3) is 3.37. The van der Waals surface area contributed by atoms with Crippen molar-refractivity contribution in [1.82, 2.24) is 5.32 Å². The highest BCUT2D eigenvalue weighted by Crippen LogP contribution is 2.10. The number of carbonyl (C=O) groups excluding carboxylic acids is 1. The van der Waals surface area contributed by atoms with Crippen LogP contribution in [0.3, 0.4) is 0 Å². The molecule has 0 heterocycles. The molecule has 0 saturated carbocycles. The maximum Gasteiger partial charge on any atom is 0.251 e. The molecule has 0 aliphatic heterocycles. The van der Waals surface area contributed by atoms with Crippen molar-refractivity contribution in [3.8, 4) is 0 Å². The quantitative estimate of drug-likeness (QED) is 0.827. The predicted molar refractivity (Wildman–Crippen MR) is 67.8 cm³/mol. The molecule has 16 heavy (non-hydrogen) atoms. The van der Waals surface area contributed by atoms with Gasteiger partial charge in [-0.05, 0) is 50.5 Å². The third-order valence-electron chi connectivity index (χ3n) is 2.87. The van der Waals surface area contributed by atoms with E-state index in [1.807, 2.05) is 32.0 Å². The number of carbonyl (C=O) groups is 1. The molecular formula is C14H21NO. The van der Waals surface area contributed by atoms with Gasteiger partial charge in [0.2, 0.25) is 0 Å². The van der Waals surface area contributed by atoms with Crippen LogP contribution in [0.25, 0.3) is 0 Å². The number of hydrogen-bond donors (Lipinski definition) is 1. The number of amides is 1. The second kappa shape index (κ2) is 5.69. The number of benzene rings is 1. The van der Waals surface area contributed by atoms with Crippen LogP contribution in [0.1, 0.15) is 48.2 Å². The van der Waals surface area contributed by atoms with Crippen molar-refractivity contribution in [2.24, 2.45) is 0 Å². The summed E-state index contributed by atoms with van der Waals surface area (Å²) in [6, 6.07) is 6.08. The molecule has 2 nitrogen and oxygen atoms in total. The Bertz CT molecular complexity index is 371. The highest BCUT2D eigenvalue weighted by molar-refractivity contribution is 5.94. The van der Waals surface area contributed by atoms with Crippen molar-refractivity contribution in [3.63, 3.8) is 0 Å². The first-order valence-corrected chi connectivity index (χ1v) is 5.92. The van der Waals surface area contributed by atoms with Gasteiger partial charge in [0.1, 0.15) is 0 Å². The molecule has 1 N–H and O–H groups in total. The molecule has 0 spiro atoms. The Hall–Kier alpha value is -1.31. The summed E-state index contributed by atoms with van der Waals surface area (Å²) in [6.07, 6.45) is 2.12. The van der Waals surface area contributed by atoms with E-state index in [1.165, 1.54) is 5.56 Å². The molecule has 1 atom stereocenters. The maximum absolute atomic E-state index is 11.9. The zero-order valence-electron chi connectivity index (χ0n) is 10.6. The van der Waals surface area contributed by atoms with Gasteiger partial charge in [-0.3, -0.25) is 4.79 Å². The lowest BCUT2D eigenvalue weighted by molar-refractivity contribution is 0.0938. The van der Waals surface area contributed by atoms with Crippen LogP contribution in [0.15, 0.2) is 18.2 Å². The molecule has 0 aliphatic carbocycles. The van der Waals surface area contributed by atoms with E-state index >= 15 is 0 Å². The second-order valence-corrected chi connectivity index (χ2v) is 4.46. The summed E-state index contributed by atoms with van der Waals surface area (Å²) < 4.78 is 0. The van der Waals surface area contributed by atoms with E-state index in [1.54, 1.807) is 0 Å². The SMILES string of the molecule is CCC[C@H](C)NC(=O)c1ccc(C)c(C)c1. The fourth-order valence-corrected chi connectivity index (χ4v) is 1.69. The summed E-state index contributed by atoms with van der Waals surface area (Å²) in [4.78, 5) is 11.9. The minimum atomic E-state index is 0.0315. The monoisotopic (exact) mass is 219 g/mol. The van der Waals surface area contributed by atoms with Crippen LogP contribution < -0.4 is 5.32 Å². The van der Waals surface area contributed by atoms with Gasteiger partial charge in [0.15, 0.2) is 0 Å². The normalized spacial score (nSPS) is 12.2. The lowest BCUT2D eigenvalue weighted by atomic mass is 10.1. The van der Waals surface area contributed by atoms with Crippen molar-refractivity contribution in [1.29, 1.82) is 0 Å². The molecule has 0 aromatic heterocycles. The van der Waals surface area contributed by atoms with E-state index in [-0.39, 0.29) is 11.9 Å². The van der Waals surface area contributed by atoms with Crippen LogP contribution in [0.5, 0.6) is 0 Å². The van der Waals surface area contributed by atoms with Gasteiger partial charge < -0.3 is 5.32 Å². The van der Waals surface area contributed by atoms with E-state index in [0.29, 0.717) is 0 Å². The standard InChI is InChI=1S/C14H21NO/c1-5-6-12(4)15-14(16)13-8-7-10(2)11(3)9-13/h7-9,12H,5-6H2,1-4H3,(H,15,16)/t12-/m0/s1. The van der Waals surface area contributed by atoms with Gasteiger partial charge in [0, 0.05) is 11.6 Å². The zero-order chi connectivity index (χ0) is 12.1.